The second-order valence-corrected chi connectivity index (χ2v) is 8.86. The first-order valence-corrected chi connectivity index (χ1v) is 11.0. The normalized spacial score (nSPS) is 10.6. The highest BCUT2D eigenvalue weighted by molar-refractivity contribution is 7.79. The number of ether oxygens (including phenoxy) is 3. The summed E-state index contributed by atoms with van der Waals surface area (Å²) in [5.41, 5.74) is 0. The highest BCUT2D eigenvalue weighted by Crippen LogP contribution is 2.35. The molecule has 4 rings (SSSR count). The Morgan fingerprint density at radius 3 is 1.20 bits per heavy atom. The van der Waals surface area contributed by atoms with Gasteiger partial charge in [0.2, 0.25) is 0 Å². The number of hydrogen-bond donors (Lipinski definition) is 0. The van der Waals surface area contributed by atoms with Crippen molar-refractivity contribution in [3.05, 3.63) is 103 Å². The molecule has 4 heteroatoms. The maximum Gasteiger partial charge on any atom is 0.127 e. The third-order valence-corrected chi connectivity index (χ3v) is 7.18. The zero-order valence-electron chi connectivity index (χ0n) is 17.0. The first-order chi connectivity index (χ1) is 14.8. The van der Waals surface area contributed by atoms with E-state index >= 15 is 0 Å². The number of methoxy groups -OCH3 is 2. The molecule has 0 saturated heterocycles. The van der Waals surface area contributed by atoms with E-state index < -0.39 is 7.92 Å². The van der Waals surface area contributed by atoms with Crippen LogP contribution in [0.1, 0.15) is 0 Å². The third kappa shape index (κ3) is 4.64. The van der Waals surface area contributed by atoms with Crippen LogP contribution in [-0.4, -0.2) is 14.2 Å². The summed E-state index contributed by atoms with van der Waals surface area (Å²) in [6.45, 7) is 0. The van der Waals surface area contributed by atoms with Gasteiger partial charge in [0.05, 0.1) is 14.2 Å². The molecule has 0 radical (unpaired) electrons. The molecule has 0 heterocycles. The summed E-state index contributed by atoms with van der Waals surface area (Å²) >= 11 is 0. The van der Waals surface area contributed by atoms with Crippen molar-refractivity contribution in [3.8, 4) is 23.0 Å². The zero-order chi connectivity index (χ0) is 20.8. The van der Waals surface area contributed by atoms with Crippen molar-refractivity contribution in [3.63, 3.8) is 0 Å². The molecule has 0 amide bonds. The molecule has 4 aromatic carbocycles. The van der Waals surface area contributed by atoms with Crippen LogP contribution in [0.15, 0.2) is 103 Å². The molecule has 0 aliphatic rings. The highest BCUT2D eigenvalue weighted by Gasteiger charge is 2.17. The fourth-order valence-corrected chi connectivity index (χ4v) is 5.43. The Kier molecular flexibility index (Phi) is 6.32. The molecule has 0 fully saturated rings. The Hall–Kier alpha value is -3.29. The lowest BCUT2D eigenvalue weighted by Crippen LogP contribution is -2.20. The van der Waals surface area contributed by atoms with E-state index in [1.54, 1.807) is 14.2 Å². The molecule has 30 heavy (non-hydrogen) atoms. The predicted octanol–water partition coefficient (Wildman–Crippen LogP) is 5.25. The molecular formula is C26H23O3P. The van der Waals surface area contributed by atoms with Gasteiger partial charge in [0, 0.05) is 0 Å². The quantitative estimate of drug-likeness (QED) is 0.387. The van der Waals surface area contributed by atoms with E-state index in [-0.39, 0.29) is 0 Å². The molecule has 0 atom stereocenters. The Morgan fingerprint density at radius 1 is 0.433 bits per heavy atom. The molecule has 150 valence electrons. The topological polar surface area (TPSA) is 27.7 Å². The molecule has 0 aliphatic heterocycles. The van der Waals surface area contributed by atoms with Crippen molar-refractivity contribution in [2.45, 2.75) is 0 Å². The van der Waals surface area contributed by atoms with Gasteiger partial charge in [-0.05, 0) is 72.4 Å². The van der Waals surface area contributed by atoms with Gasteiger partial charge in [-0.3, -0.25) is 0 Å². The molecule has 0 spiro atoms. The maximum absolute atomic E-state index is 5.96. The first kappa shape index (κ1) is 20.0. The zero-order valence-corrected chi connectivity index (χ0v) is 17.9. The van der Waals surface area contributed by atoms with Crippen molar-refractivity contribution in [1.82, 2.24) is 0 Å². The lowest BCUT2D eigenvalue weighted by molar-refractivity contribution is 0.415. The Balaban J connectivity index is 1.67. The lowest BCUT2D eigenvalue weighted by atomic mass is 10.3. The van der Waals surface area contributed by atoms with Crippen molar-refractivity contribution in [2.24, 2.45) is 0 Å². The van der Waals surface area contributed by atoms with Crippen LogP contribution in [0.5, 0.6) is 23.0 Å². The molecule has 0 N–H and O–H groups in total. The summed E-state index contributed by atoms with van der Waals surface area (Å²) in [7, 11) is 2.66. The summed E-state index contributed by atoms with van der Waals surface area (Å²) in [5, 5.41) is 3.76. The average molecular weight is 414 g/mol. The van der Waals surface area contributed by atoms with Crippen molar-refractivity contribution in [2.75, 3.05) is 14.2 Å². The fraction of sp³-hybridized carbons (Fsp3) is 0.0769. The van der Waals surface area contributed by atoms with Crippen molar-refractivity contribution in [1.29, 1.82) is 0 Å². The van der Waals surface area contributed by atoms with Gasteiger partial charge in [-0.25, -0.2) is 0 Å². The Morgan fingerprint density at radius 2 is 0.800 bits per heavy atom. The molecule has 4 aromatic rings. The van der Waals surface area contributed by atoms with Gasteiger partial charge in [0.25, 0.3) is 0 Å². The van der Waals surface area contributed by atoms with Crippen LogP contribution < -0.4 is 30.1 Å². The molecule has 0 saturated carbocycles. The van der Waals surface area contributed by atoms with Crippen LogP contribution in [-0.2, 0) is 0 Å². The molecule has 3 nitrogen and oxygen atoms in total. The minimum absolute atomic E-state index is 0.719. The van der Waals surface area contributed by atoms with E-state index in [9.17, 15) is 0 Å². The number of benzene rings is 4. The molecular weight excluding hydrogens is 391 g/mol. The summed E-state index contributed by atoms with van der Waals surface area (Å²) in [5.74, 6) is 3.37. The van der Waals surface area contributed by atoms with E-state index in [0.29, 0.717) is 0 Å². The monoisotopic (exact) mass is 414 g/mol. The number of hydrogen-bond acceptors (Lipinski definition) is 3. The van der Waals surface area contributed by atoms with E-state index in [2.05, 4.69) is 36.4 Å². The van der Waals surface area contributed by atoms with Crippen LogP contribution in [0, 0.1) is 0 Å². The molecule has 0 unspecified atom stereocenters. The Bertz CT molecular complexity index is 1010. The summed E-state index contributed by atoms with van der Waals surface area (Å²) < 4.78 is 16.6. The Labute approximate surface area is 178 Å². The van der Waals surface area contributed by atoms with Gasteiger partial charge in [0.1, 0.15) is 23.0 Å². The van der Waals surface area contributed by atoms with Crippen LogP contribution >= 0.6 is 7.92 Å². The lowest BCUT2D eigenvalue weighted by Gasteiger charge is -2.20. The van der Waals surface area contributed by atoms with Gasteiger partial charge in [-0.1, -0.05) is 54.6 Å². The van der Waals surface area contributed by atoms with E-state index in [4.69, 9.17) is 14.2 Å². The summed E-state index contributed by atoms with van der Waals surface area (Å²) in [6, 6.07) is 34.8. The highest BCUT2D eigenvalue weighted by atomic mass is 31.1. The summed E-state index contributed by atoms with van der Waals surface area (Å²) in [4.78, 5) is 0. The minimum Gasteiger partial charge on any atom is -0.497 e. The number of para-hydroxylation sites is 1. The van der Waals surface area contributed by atoms with Gasteiger partial charge in [-0.15, -0.1) is 0 Å². The smallest absolute Gasteiger partial charge is 0.127 e. The standard InChI is InChI=1S/C26H23O3P/c1-27-20-8-14-24(15-9-20)30(25-16-10-21(28-2)11-17-25)26-18-12-23(13-19-26)29-22-6-4-3-5-7-22/h3-19H,1-2H3. The van der Waals surface area contributed by atoms with Crippen molar-refractivity contribution < 1.29 is 14.2 Å². The second-order valence-electron chi connectivity index (χ2n) is 6.64. The molecule has 0 bridgehead atoms. The maximum atomic E-state index is 5.96. The third-order valence-electron chi connectivity index (χ3n) is 4.74. The van der Waals surface area contributed by atoms with Gasteiger partial charge >= 0.3 is 0 Å². The van der Waals surface area contributed by atoms with Gasteiger partial charge in [-0.2, -0.15) is 0 Å². The minimum atomic E-state index is -0.719. The fourth-order valence-electron chi connectivity index (χ4n) is 3.20. The predicted molar refractivity (Wildman–Crippen MR) is 125 cm³/mol. The summed E-state index contributed by atoms with van der Waals surface area (Å²) in [6.07, 6.45) is 0. The van der Waals surface area contributed by atoms with E-state index in [0.717, 1.165) is 23.0 Å². The largest absolute Gasteiger partial charge is 0.497 e. The average Bonchev–Trinajstić information content (AvgIpc) is 2.82. The second kappa shape index (κ2) is 9.47. The van der Waals surface area contributed by atoms with Crippen LogP contribution in [0.4, 0.5) is 0 Å². The van der Waals surface area contributed by atoms with Crippen LogP contribution in [0.2, 0.25) is 0 Å². The van der Waals surface area contributed by atoms with E-state index in [1.807, 2.05) is 66.7 Å². The van der Waals surface area contributed by atoms with Crippen molar-refractivity contribution >= 4 is 23.8 Å². The van der Waals surface area contributed by atoms with Crippen LogP contribution in [0.25, 0.3) is 0 Å². The first-order valence-electron chi connectivity index (χ1n) is 9.68. The van der Waals surface area contributed by atoms with Gasteiger partial charge < -0.3 is 14.2 Å². The van der Waals surface area contributed by atoms with Gasteiger partial charge in [0.15, 0.2) is 0 Å². The number of rotatable bonds is 7. The van der Waals surface area contributed by atoms with Crippen LogP contribution in [0.3, 0.4) is 0 Å². The SMILES string of the molecule is COc1ccc(P(c2ccc(OC)cc2)c2ccc(Oc3ccccc3)cc2)cc1. The van der Waals surface area contributed by atoms with E-state index in [1.165, 1.54) is 15.9 Å². The molecule has 0 aromatic heterocycles. The molecule has 0 aliphatic carbocycles.